The molecule has 1 fully saturated rings. The molecular formula is C16H22F2N2O2. The van der Waals surface area contributed by atoms with Gasteiger partial charge in [0.25, 0.3) is 5.91 Å². The Kier molecular flexibility index (Phi) is 6.12. The van der Waals surface area contributed by atoms with E-state index in [1.165, 1.54) is 12.1 Å². The molecule has 2 rings (SSSR count). The van der Waals surface area contributed by atoms with E-state index in [0.29, 0.717) is 19.0 Å². The molecule has 1 N–H and O–H groups in total. The van der Waals surface area contributed by atoms with E-state index in [-0.39, 0.29) is 17.2 Å². The monoisotopic (exact) mass is 312 g/mol. The van der Waals surface area contributed by atoms with Gasteiger partial charge in [-0.05, 0) is 44.0 Å². The molecule has 1 saturated heterocycles. The maximum atomic E-state index is 12.5. The fraction of sp³-hybridized carbons (Fsp3) is 0.562. The summed E-state index contributed by atoms with van der Waals surface area (Å²) in [6.07, 6.45) is 1.85. The van der Waals surface area contributed by atoms with E-state index in [2.05, 4.69) is 17.0 Å². The summed E-state index contributed by atoms with van der Waals surface area (Å²) < 4.78 is 29.3. The highest BCUT2D eigenvalue weighted by Gasteiger charge is 2.25. The lowest BCUT2D eigenvalue weighted by atomic mass is 9.96. The second-order valence-corrected chi connectivity index (χ2v) is 5.42. The number of para-hydroxylation sites is 1. The lowest BCUT2D eigenvalue weighted by Crippen LogP contribution is -2.40. The summed E-state index contributed by atoms with van der Waals surface area (Å²) in [5.41, 5.74) is 0.202. The van der Waals surface area contributed by atoms with Gasteiger partial charge in [-0.3, -0.25) is 4.79 Å². The van der Waals surface area contributed by atoms with Crippen molar-refractivity contribution in [3.05, 3.63) is 29.8 Å². The number of carbonyl (C=O) groups is 1. The standard InChI is InChI=1S/C16H22F2N2O2/c1-2-19-11-12-7-9-20(10-8-12)15(21)13-5-3-4-6-14(13)22-16(17)18/h3-6,12,16,19H,2,7-11H2,1H3. The molecule has 0 bridgehead atoms. The topological polar surface area (TPSA) is 41.6 Å². The Morgan fingerprint density at radius 1 is 1.36 bits per heavy atom. The number of nitrogens with zero attached hydrogens (tertiary/aromatic N) is 1. The highest BCUT2D eigenvalue weighted by atomic mass is 19.3. The molecule has 1 amide bonds. The lowest BCUT2D eigenvalue weighted by Gasteiger charge is -2.32. The number of carbonyl (C=O) groups excluding carboxylic acids is 1. The van der Waals surface area contributed by atoms with Crippen LogP contribution < -0.4 is 10.1 Å². The van der Waals surface area contributed by atoms with Crippen LogP contribution >= 0.6 is 0 Å². The average molecular weight is 312 g/mol. The summed E-state index contributed by atoms with van der Waals surface area (Å²) in [6.45, 7) is 2.34. The third-order valence-corrected chi connectivity index (χ3v) is 3.92. The zero-order valence-electron chi connectivity index (χ0n) is 12.7. The van der Waals surface area contributed by atoms with E-state index in [1.54, 1.807) is 17.0 Å². The number of alkyl halides is 2. The first kappa shape index (κ1) is 16.7. The van der Waals surface area contributed by atoms with Crippen molar-refractivity contribution in [2.24, 2.45) is 5.92 Å². The Morgan fingerprint density at radius 2 is 2.05 bits per heavy atom. The normalized spacial score (nSPS) is 16.1. The molecule has 4 nitrogen and oxygen atoms in total. The van der Waals surface area contributed by atoms with Crippen LogP contribution in [0.4, 0.5) is 8.78 Å². The molecule has 0 spiro atoms. The van der Waals surface area contributed by atoms with Crippen LogP contribution in [0.1, 0.15) is 30.1 Å². The van der Waals surface area contributed by atoms with Crippen LogP contribution in [0.15, 0.2) is 24.3 Å². The Bertz CT molecular complexity index is 489. The molecule has 1 aromatic rings. The van der Waals surface area contributed by atoms with E-state index in [9.17, 15) is 13.6 Å². The largest absolute Gasteiger partial charge is 0.434 e. The van der Waals surface area contributed by atoms with Gasteiger partial charge >= 0.3 is 6.61 Å². The Morgan fingerprint density at radius 3 is 2.68 bits per heavy atom. The molecule has 1 heterocycles. The maximum absolute atomic E-state index is 12.5. The molecule has 0 unspecified atom stereocenters. The summed E-state index contributed by atoms with van der Waals surface area (Å²) in [4.78, 5) is 14.2. The van der Waals surface area contributed by atoms with Gasteiger partial charge in [-0.2, -0.15) is 8.78 Å². The fourth-order valence-electron chi connectivity index (χ4n) is 2.70. The van der Waals surface area contributed by atoms with Gasteiger partial charge in [-0.25, -0.2) is 0 Å². The maximum Gasteiger partial charge on any atom is 0.387 e. The number of hydrogen-bond donors (Lipinski definition) is 1. The smallest absolute Gasteiger partial charge is 0.387 e. The van der Waals surface area contributed by atoms with Crippen LogP contribution in [0.5, 0.6) is 5.75 Å². The van der Waals surface area contributed by atoms with Gasteiger partial charge in [-0.1, -0.05) is 19.1 Å². The van der Waals surface area contributed by atoms with E-state index < -0.39 is 6.61 Å². The molecule has 6 heteroatoms. The van der Waals surface area contributed by atoms with Crippen molar-refractivity contribution in [2.75, 3.05) is 26.2 Å². The van der Waals surface area contributed by atoms with E-state index >= 15 is 0 Å². The first-order valence-corrected chi connectivity index (χ1v) is 7.65. The Balaban J connectivity index is 1.98. The van der Waals surface area contributed by atoms with Crippen molar-refractivity contribution in [1.82, 2.24) is 10.2 Å². The van der Waals surface area contributed by atoms with Crippen molar-refractivity contribution >= 4 is 5.91 Å². The second kappa shape index (κ2) is 8.08. The molecule has 0 radical (unpaired) electrons. The van der Waals surface area contributed by atoms with Crippen molar-refractivity contribution in [2.45, 2.75) is 26.4 Å². The van der Waals surface area contributed by atoms with Gasteiger partial charge in [0, 0.05) is 13.1 Å². The zero-order valence-corrected chi connectivity index (χ0v) is 12.7. The number of nitrogens with one attached hydrogen (secondary N) is 1. The number of hydrogen-bond acceptors (Lipinski definition) is 3. The molecular weight excluding hydrogens is 290 g/mol. The number of piperidine rings is 1. The number of likely N-dealkylation sites (tertiary alicyclic amines) is 1. The second-order valence-electron chi connectivity index (χ2n) is 5.42. The predicted octanol–water partition coefficient (Wildman–Crippen LogP) is 2.75. The van der Waals surface area contributed by atoms with E-state index in [4.69, 9.17) is 0 Å². The first-order chi connectivity index (χ1) is 10.6. The third-order valence-electron chi connectivity index (χ3n) is 3.92. The lowest BCUT2D eigenvalue weighted by molar-refractivity contribution is -0.0503. The van der Waals surface area contributed by atoms with Crippen LogP contribution in [0.3, 0.4) is 0 Å². The molecule has 1 aromatic carbocycles. The van der Waals surface area contributed by atoms with Gasteiger partial charge in [0.15, 0.2) is 0 Å². The molecule has 122 valence electrons. The van der Waals surface area contributed by atoms with Crippen LogP contribution in [-0.2, 0) is 0 Å². The molecule has 0 atom stereocenters. The minimum Gasteiger partial charge on any atom is -0.434 e. The zero-order chi connectivity index (χ0) is 15.9. The van der Waals surface area contributed by atoms with E-state index in [0.717, 1.165) is 25.9 Å². The first-order valence-electron chi connectivity index (χ1n) is 7.65. The third kappa shape index (κ3) is 4.40. The molecule has 1 aliphatic heterocycles. The number of amides is 1. The predicted molar refractivity (Wildman–Crippen MR) is 80.2 cm³/mol. The SMILES string of the molecule is CCNCC1CCN(C(=O)c2ccccc2OC(F)F)CC1. The van der Waals surface area contributed by atoms with Crippen molar-refractivity contribution in [3.63, 3.8) is 0 Å². The van der Waals surface area contributed by atoms with E-state index in [1.807, 2.05) is 0 Å². The quantitative estimate of drug-likeness (QED) is 0.878. The number of halogens is 2. The molecule has 1 aliphatic rings. The summed E-state index contributed by atoms with van der Waals surface area (Å²) in [6, 6.07) is 6.17. The van der Waals surface area contributed by atoms with Crippen LogP contribution in [0.2, 0.25) is 0 Å². The molecule has 0 aromatic heterocycles. The molecule has 0 saturated carbocycles. The minimum atomic E-state index is -2.93. The van der Waals surface area contributed by atoms with Gasteiger partial charge in [0.2, 0.25) is 0 Å². The summed E-state index contributed by atoms with van der Waals surface area (Å²) in [5, 5.41) is 3.32. The van der Waals surface area contributed by atoms with Gasteiger partial charge in [0.05, 0.1) is 5.56 Å². The van der Waals surface area contributed by atoms with Crippen molar-refractivity contribution in [3.8, 4) is 5.75 Å². The van der Waals surface area contributed by atoms with Crippen LogP contribution in [0.25, 0.3) is 0 Å². The van der Waals surface area contributed by atoms with Crippen LogP contribution in [0, 0.1) is 5.92 Å². The highest BCUT2D eigenvalue weighted by Crippen LogP contribution is 2.24. The van der Waals surface area contributed by atoms with Crippen molar-refractivity contribution < 1.29 is 18.3 Å². The highest BCUT2D eigenvalue weighted by molar-refractivity contribution is 5.97. The molecule has 22 heavy (non-hydrogen) atoms. The van der Waals surface area contributed by atoms with Gasteiger partial charge < -0.3 is 15.0 Å². The van der Waals surface area contributed by atoms with Gasteiger partial charge in [-0.15, -0.1) is 0 Å². The Hall–Kier alpha value is -1.69. The van der Waals surface area contributed by atoms with Gasteiger partial charge in [0.1, 0.15) is 5.75 Å². The number of benzene rings is 1. The average Bonchev–Trinajstić information content (AvgIpc) is 2.53. The fourth-order valence-corrected chi connectivity index (χ4v) is 2.70. The Labute approximate surface area is 129 Å². The summed E-state index contributed by atoms with van der Waals surface area (Å²) in [5.74, 6) is 0.270. The van der Waals surface area contributed by atoms with Crippen molar-refractivity contribution in [1.29, 1.82) is 0 Å². The minimum absolute atomic E-state index is 0.0581. The number of rotatable bonds is 6. The molecule has 0 aliphatic carbocycles. The summed E-state index contributed by atoms with van der Waals surface area (Å²) >= 11 is 0. The number of ether oxygens (including phenoxy) is 1. The van der Waals surface area contributed by atoms with Crippen LogP contribution in [-0.4, -0.2) is 43.6 Å². The summed E-state index contributed by atoms with van der Waals surface area (Å²) in [7, 11) is 0.